The Morgan fingerprint density at radius 3 is 3.08 bits per heavy atom. The van der Waals surface area contributed by atoms with Crippen LogP contribution in [0.3, 0.4) is 0 Å². The minimum Gasteiger partial charge on any atom is -0.361 e. The zero-order valence-corrected chi connectivity index (χ0v) is 7.43. The van der Waals surface area contributed by atoms with Gasteiger partial charge in [-0.1, -0.05) is 0 Å². The Morgan fingerprint density at radius 2 is 2.54 bits per heavy atom. The molecule has 0 bridgehead atoms. The second-order valence-corrected chi connectivity index (χ2v) is 2.91. The van der Waals surface area contributed by atoms with Gasteiger partial charge in [0.2, 0.25) is 6.29 Å². The molecule has 0 saturated carbocycles. The van der Waals surface area contributed by atoms with Gasteiger partial charge < -0.3 is 14.7 Å². The molecule has 72 valence electrons. The molecule has 1 aliphatic heterocycles. The number of hydrogen-bond donors (Lipinski definition) is 1. The molecule has 1 heterocycles. The van der Waals surface area contributed by atoms with Crippen LogP contribution < -0.4 is 0 Å². The summed E-state index contributed by atoms with van der Waals surface area (Å²) in [6.07, 6.45) is 0.0490. The molecule has 5 heteroatoms. The number of aliphatic hydroxyl groups is 1. The van der Waals surface area contributed by atoms with E-state index in [0.717, 1.165) is 6.42 Å². The summed E-state index contributed by atoms with van der Waals surface area (Å²) >= 11 is 0. The minimum absolute atomic E-state index is 0.405. The molecule has 1 aliphatic rings. The molecule has 2 atom stereocenters. The standard InChI is InChI=1S/C8H12N2O3/c1-13-8(12)7(11)10-4-2-3-6(10)5-9/h6,8,12H,2-4H2,1H3. The van der Waals surface area contributed by atoms with Crippen molar-refractivity contribution in [2.45, 2.75) is 25.2 Å². The number of carbonyl (C=O) groups is 1. The lowest BCUT2D eigenvalue weighted by Crippen LogP contribution is -2.42. The third-order valence-electron chi connectivity index (χ3n) is 2.12. The lowest BCUT2D eigenvalue weighted by atomic mass is 10.2. The first-order chi connectivity index (χ1) is 6.20. The number of hydrogen-bond acceptors (Lipinski definition) is 4. The van der Waals surface area contributed by atoms with Crippen molar-refractivity contribution in [3.8, 4) is 6.07 Å². The number of carbonyl (C=O) groups excluding carboxylic acids is 1. The Bertz CT molecular complexity index is 236. The number of ether oxygens (including phenoxy) is 1. The summed E-state index contributed by atoms with van der Waals surface area (Å²) in [5.74, 6) is -0.522. The van der Waals surface area contributed by atoms with Gasteiger partial charge in [-0.05, 0) is 12.8 Å². The van der Waals surface area contributed by atoms with Crippen molar-refractivity contribution in [1.29, 1.82) is 5.26 Å². The number of amides is 1. The van der Waals surface area contributed by atoms with Crippen molar-refractivity contribution in [3.63, 3.8) is 0 Å². The molecule has 5 nitrogen and oxygen atoms in total. The topological polar surface area (TPSA) is 73.6 Å². The summed E-state index contributed by atoms with van der Waals surface area (Å²) in [6.45, 7) is 0.525. The highest BCUT2D eigenvalue weighted by Gasteiger charge is 2.32. The molecule has 0 aliphatic carbocycles. The molecule has 0 aromatic rings. The van der Waals surface area contributed by atoms with Crippen molar-refractivity contribution in [2.24, 2.45) is 0 Å². The Hall–Kier alpha value is -1.12. The van der Waals surface area contributed by atoms with E-state index in [1.54, 1.807) is 0 Å². The van der Waals surface area contributed by atoms with E-state index in [2.05, 4.69) is 4.74 Å². The van der Waals surface area contributed by atoms with Crippen LogP contribution in [-0.4, -0.2) is 41.9 Å². The van der Waals surface area contributed by atoms with E-state index in [9.17, 15) is 4.79 Å². The van der Waals surface area contributed by atoms with Crippen molar-refractivity contribution < 1.29 is 14.6 Å². The number of rotatable bonds is 2. The summed E-state index contributed by atoms with van der Waals surface area (Å²) < 4.78 is 4.47. The van der Waals surface area contributed by atoms with Crippen molar-refractivity contribution >= 4 is 5.91 Å². The first-order valence-electron chi connectivity index (χ1n) is 4.11. The average Bonchev–Trinajstić information content (AvgIpc) is 2.62. The van der Waals surface area contributed by atoms with Gasteiger partial charge in [-0.25, -0.2) is 0 Å². The Kier molecular flexibility index (Phi) is 3.23. The molecule has 0 aromatic carbocycles. The Morgan fingerprint density at radius 1 is 1.85 bits per heavy atom. The van der Waals surface area contributed by atoms with E-state index in [0.29, 0.717) is 13.0 Å². The van der Waals surface area contributed by atoms with E-state index >= 15 is 0 Å². The first-order valence-corrected chi connectivity index (χ1v) is 4.11. The van der Waals surface area contributed by atoms with Crippen molar-refractivity contribution in [3.05, 3.63) is 0 Å². The van der Waals surface area contributed by atoms with E-state index in [4.69, 9.17) is 10.4 Å². The smallest absolute Gasteiger partial charge is 0.280 e. The summed E-state index contributed by atoms with van der Waals surface area (Å²) in [5.41, 5.74) is 0. The van der Waals surface area contributed by atoms with Gasteiger partial charge in [-0.2, -0.15) is 5.26 Å². The molecular formula is C8H12N2O3. The maximum atomic E-state index is 11.3. The van der Waals surface area contributed by atoms with Gasteiger partial charge in [0.25, 0.3) is 5.91 Å². The third kappa shape index (κ3) is 1.97. The van der Waals surface area contributed by atoms with Crippen LogP contribution in [0.15, 0.2) is 0 Å². The van der Waals surface area contributed by atoms with E-state index < -0.39 is 18.2 Å². The molecule has 13 heavy (non-hydrogen) atoms. The molecule has 1 N–H and O–H groups in total. The van der Waals surface area contributed by atoms with Gasteiger partial charge >= 0.3 is 0 Å². The Labute approximate surface area is 76.5 Å². The molecule has 1 rings (SSSR count). The predicted molar refractivity (Wildman–Crippen MR) is 43.4 cm³/mol. The molecular weight excluding hydrogens is 172 g/mol. The van der Waals surface area contributed by atoms with Crippen LogP contribution >= 0.6 is 0 Å². The van der Waals surface area contributed by atoms with E-state index in [1.807, 2.05) is 6.07 Å². The summed E-state index contributed by atoms with van der Waals surface area (Å²) in [4.78, 5) is 12.7. The largest absolute Gasteiger partial charge is 0.361 e. The summed E-state index contributed by atoms with van der Waals surface area (Å²) in [5, 5.41) is 17.8. The molecule has 1 amide bonds. The second-order valence-electron chi connectivity index (χ2n) is 2.91. The van der Waals surface area contributed by atoms with Crippen LogP contribution in [-0.2, 0) is 9.53 Å². The van der Waals surface area contributed by atoms with Gasteiger partial charge in [0.15, 0.2) is 0 Å². The highest BCUT2D eigenvalue weighted by molar-refractivity contribution is 5.80. The molecule has 2 unspecified atom stereocenters. The maximum Gasteiger partial charge on any atom is 0.280 e. The van der Waals surface area contributed by atoms with E-state index in [-0.39, 0.29) is 0 Å². The van der Waals surface area contributed by atoms with Crippen molar-refractivity contribution in [2.75, 3.05) is 13.7 Å². The lowest BCUT2D eigenvalue weighted by molar-refractivity contribution is -0.164. The van der Waals surface area contributed by atoms with Gasteiger partial charge in [-0.3, -0.25) is 4.79 Å². The van der Waals surface area contributed by atoms with Crippen molar-refractivity contribution in [1.82, 2.24) is 4.90 Å². The number of nitrogens with zero attached hydrogens (tertiary/aromatic N) is 2. The maximum absolute atomic E-state index is 11.3. The quantitative estimate of drug-likeness (QED) is 0.585. The molecule has 1 fully saturated rings. The first kappa shape index (κ1) is 9.96. The van der Waals surface area contributed by atoms with Crippen LogP contribution in [0.25, 0.3) is 0 Å². The minimum atomic E-state index is -1.44. The van der Waals surface area contributed by atoms with Crippen LogP contribution in [0.2, 0.25) is 0 Å². The number of nitriles is 1. The van der Waals surface area contributed by atoms with Gasteiger partial charge in [-0.15, -0.1) is 0 Å². The Balaban J connectivity index is 2.61. The zero-order valence-electron chi connectivity index (χ0n) is 7.43. The predicted octanol–water partition coefficient (Wildman–Crippen LogP) is -0.534. The van der Waals surface area contributed by atoms with Gasteiger partial charge in [0, 0.05) is 13.7 Å². The lowest BCUT2D eigenvalue weighted by Gasteiger charge is -2.21. The van der Waals surface area contributed by atoms with Crippen LogP contribution in [0.1, 0.15) is 12.8 Å². The molecule has 1 saturated heterocycles. The highest BCUT2D eigenvalue weighted by Crippen LogP contribution is 2.17. The fraction of sp³-hybridized carbons (Fsp3) is 0.750. The summed E-state index contributed by atoms with van der Waals surface area (Å²) in [7, 11) is 1.25. The molecule has 0 aromatic heterocycles. The second kappa shape index (κ2) is 4.21. The normalized spacial score (nSPS) is 24.1. The van der Waals surface area contributed by atoms with Gasteiger partial charge in [0.05, 0.1) is 6.07 Å². The highest BCUT2D eigenvalue weighted by atomic mass is 16.6. The number of methoxy groups -OCH3 is 1. The monoisotopic (exact) mass is 184 g/mol. The van der Waals surface area contributed by atoms with E-state index in [1.165, 1.54) is 12.0 Å². The fourth-order valence-corrected chi connectivity index (χ4v) is 1.41. The molecule has 0 spiro atoms. The zero-order chi connectivity index (χ0) is 9.84. The third-order valence-corrected chi connectivity index (χ3v) is 2.12. The average molecular weight is 184 g/mol. The number of aliphatic hydroxyl groups excluding tert-OH is 1. The summed E-state index contributed by atoms with van der Waals surface area (Å²) in [6, 6.07) is 1.61. The fourth-order valence-electron chi connectivity index (χ4n) is 1.41. The SMILES string of the molecule is COC(O)C(=O)N1CCCC1C#N. The number of likely N-dealkylation sites (tertiary alicyclic amines) is 1. The van der Waals surface area contributed by atoms with Crippen LogP contribution in [0, 0.1) is 11.3 Å². The molecule has 0 radical (unpaired) electrons. The van der Waals surface area contributed by atoms with Crippen LogP contribution in [0.4, 0.5) is 0 Å². The van der Waals surface area contributed by atoms with Gasteiger partial charge in [0.1, 0.15) is 6.04 Å². The van der Waals surface area contributed by atoms with Crippen LogP contribution in [0.5, 0.6) is 0 Å².